The van der Waals surface area contributed by atoms with Gasteiger partial charge in [-0.1, -0.05) is 42.5 Å². The van der Waals surface area contributed by atoms with Crippen molar-refractivity contribution in [3.63, 3.8) is 0 Å². The fourth-order valence-electron chi connectivity index (χ4n) is 4.31. The van der Waals surface area contributed by atoms with Gasteiger partial charge in [0.2, 0.25) is 11.8 Å². The highest BCUT2D eigenvalue weighted by Crippen LogP contribution is 2.25. The summed E-state index contributed by atoms with van der Waals surface area (Å²) in [5, 5.41) is 5.19. The second-order valence-corrected chi connectivity index (χ2v) is 9.38. The van der Waals surface area contributed by atoms with E-state index in [4.69, 9.17) is 4.98 Å². The molecule has 0 fully saturated rings. The van der Waals surface area contributed by atoms with E-state index in [-0.39, 0.29) is 30.7 Å². The maximum Gasteiger partial charge on any atom is 0.223 e. The molecule has 4 aromatic rings. The number of para-hydroxylation sites is 2. The SMILES string of the molecule is O=C(CCC(=O)N1CCc2sccc2C1)N[C@@H](Cc1ccccc1)c1nc2ccccc2[nH]1. The molecule has 5 rings (SSSR count). The molecular weight excluding hydrogens is 432 g/mol. The molecule has 1 aliphatic heterocycles. The average Bonchev–Trinajstić information content (AvgIpc) is 3.49. The largest absolute Gasteiger partial charge is 0.346 e. The Hall–Kier alpha value is -3.45. The van der Waals surface area contributed by atoms with E-state index in [9.17, 15) is 9.59 Å². The van der Waals surface area contributed by atoms with Crippen LogP contribution in [-0.2, 0) is 29.0 Å². The zero-order valence-corrected chi connectivity index (χ0v) is 19.1. The molecule has 2 aromatic heterocycles. The van der Waals surface area contributed by atoms with Gasteiger partial charge in [0.25, 0.3) is 0 Å². The van der Waals surface area contributed by atoms with Crippen LogP contribution in [0.15, 0.2) is 66.0 Å². The first kappa shape index (κ1) is 21.4. The summed E-state index contributed by atoms with van der Waals surface area (Å²) in [7, 11) is 0. The minimum atomic E-state index is -0.300. The number of nitrogens with one attached hydrogen (secondary N) is 2. The van der Waals surface area contributed by atoms with Gasteiger partial charge in [0.05, 0.1) is 17.1 Å². The molecule has 33 heavy (non-hydrogen) atoms. The van der Waals surface area contributed by atoms with E-state index >= 15 is 0 Å². The molecule has 2 amide bonds. The van der Waals surface area contributed by atoms with Gasteiger partial charge in [-0.05, 0) is 47.5 Å². The van der Waals surface area contributed by atoms with E-state index in [2.05, 4.69) is 21.7 Å². The lowest BCUT2D eigenvalue weighted by Crippen LogP contribution is -2.36. The normalized spacial score (nSPS) is 14.1. The number of rotatable bonds is 7. The molecular formula is C26H26N4O2S. The lowest BCUT2D eigenvalue weighted by atomic mass is 10.0. The summed E-state index contributed by atoms with van der Waals surface area (Å²) < 4.78 is 0. The number of H-pyrrole nitrogens is 1. The van der Waals surface area contributed by atoms with Crippen molar-refractivity contribution in [2.24, 2.45) is 0 Å². The lowest BCUT2D eigenvalue weighted by Gasteiger charge is -2.27. The van der Waals surface area contributed by atoms with E-state index < -0.39 is 0 Å². The van der Waals surface area contributed by atoms with Crippen molar-refractivity contribution in [1.82, 2.24) is 20.2 Å². The zero-order chi connectivity index (χ0) is 22.6. The second kappa shape index (κ2) is 9.58. The number of benzene rings is 2. The van der Waals surface area contributed by atoms with Crippen molar-refractivity contribution >= 4 is 34.2 Å². The number of carbonyl (C=O) groups excluding carboxylic acids is 2. The van der Waals surface area contributed by atoms with Crippen molar-refractivity contribution in [2.45, 2.75) is 38.3 Å². The molecule has 3 heterocycles. The van der Waals surface area contributed by atoms with Crippen LogP contribution < -0.4 is 5.32 Å². The molecule has 0 spiro atoms. The van der Waals surface area contributed by atoms with Gasteiger partial charge in [-0.25, -0.2) is 4.98 Å². The number of nitrogens with zero attached hydrogens (tertiary/aromatic N) is 2. The van der Waals surface area contributed by atoms with Gasteiger partial charge in [0.15, 0.2) is 0 Å². The molecule has 168 valence electrons. The summed E-state index contributed by atoms with van der Waals surface area (Å²) in [6.07, 6.45) is 1.89. The number of aromatic nitrogens is 2. The van der Waals surface area contributed by atoms with Gasteiger partial charge in [0, 0.05) is 30.8 Å². The fourth-order valence-corrected chi connectivity index (χ4v) is 5.20. The molecule has 0 aliphatic carbocycles. The van der Waals surface area contributed by atoms with Crippen molar-refractivity contribution in [3.8, 4) is 0 Å². The summed E-state index contributed by atoms with van der Waals surface area (Å²) >= 11 is 1.75. The summed E-state index contributed by atoms with van der Waals surface area (Å²) in [4.78, 5) is 36.9. The van der Waals surface area contributed by atoms with Crippen LogP contribution in [0.3, 0.4) is 0 Å². The van der Waals surface area contributed by atoms with Gasteiger partial charge in [-0.15, -0.1) is 11.3 Å². The van der Waals surface area contributed by atoms with E-state index in [1.807, 2.05) is 59.5 Å². The van der Waals surface area contributed by atoms with Crippen molar-refractivity contribution < 1.29 is 9.59 Å². The predicted molar refractivity (Wildman–Crippen MR) is 130 cm³/mol. The van der Waals surface area contributed by atoms with Crippen LogP contribution in [0.25, 0.3) is 11.0 Å². The number of aromatic amines is 1. The van der Waals surface area contributed by atoms with E-state index in [1.165, 1.54) is 10.4 Å². The van der Waals surface area contributed by atoms with Gasteiger partial charge >= 0.3 is 0 Å². The standard InChI is InChI=1S/C26H26N4O2S/c31-24(10-11-25(32)30-14-12-23-19(17-30)13-15-33-23)27-22(16-18-6-2-1-3-7-18)26-28-20-8-4-5-9-21(20)29-26/h1-9,13,15,22H,10-12,14,16-17H2,(H,27,31)(H,28,29)/t22-/m0/s1. The zero-order valence-electron chi connectivity index (χ0n) is 18.3. The molecule has 0 saturated heterocycles. The molecule has 6 nitrogen and oxygen atoms in total. The number of amides is 2. The minimum absolute atomic E-state index is 0.0327. The van der Waals surface area contributed by atoms with Crippen LogP contribution in [0.4, 0.5) is 0 Å². The highest BCUT2D eigenvalue weighted by atomic mass is 32.1. The third kappa shape index (κ3) is 4.98. The van der Waals surface area contributed by atoms with Crippen molar-refractivity contribution in [1.29, 1.82) is 0 Å². The minimum Gasteiger partial charge on any atom is -0.346 e. The molecule has 2 N–H and O–H groups in total. The molecule has 0 bridgehead atoms. The molecule has 0 radical (unpaired) electrons. The maximum absolute atomic E-state index is 12.9. The second-order valence-electron chi connectivity index (χ2n) is 8.38. The molecule has 1 atom stereocenters. The Balaban J connectivity index is 1.24. The van der Waals surface area contributed by atoms with E-state index in [0.717, 1.165) is 35.4 Å². The molecule has 7 heteroatoms. The first-order valence-corrected chi connectivity index (χ1v) is 12.1. The Bertz CT molecular complexity index is 1230. The Morgan fingerprint density at radius 3 is 2.73 bits per heavy atom. The third-order valence-corrected chi connectivity index (χ3v) is 7.10. The summed E-state index contributed by atoms with van der Waals surface area (Å²) in [5.74, 6) is 0.615. The molecule has 2 aromatic carbocycles. The molecule has 0 unspecified atom stereocenters. The summed E-state index contributed by atoms with van der Waals surface area (Å²) in [5.41, 5.74) is 4.15. The fraction of sp³-hybridized carbons (Fsp3) is 0.269. The highest BCUT2D eigenvalue weighted by molar-refractivity contribution is 7.10. The number of hydrogen-bond acceptors (Lipinski definition) is 4. The van der Waals surface area contributed by atoms with E-state index in [0.29, 0.717) is 13.0 Å². The van der Waals surface area contributed by atoms with Crippen LogP contribution in [0.2, 0.25) is 0 Å². The third-order valence-electron chi connectivity index (χ3n) is 6.08. The van der Waals surface area contributed by atoms with Crippen molar-refractivity contribution in [2.75, 3.05) is 6.54 Å². The number of imidazole rings is 1. The number of hydrogen-bond donors (Lipinski definition) is 2. The smallest absolute Gasteiger partial charge is 0.223 e. The van der Waals surface area contributed by atoms with E-state index in [1.54, 1.807) is 11.3 Å². The Kier molecular flexibility index (Phi) is 6.21. The Labute approximate surface area is 196 Å². The average molecular weight is 459 g/mol. The monoisotopic (exact) mass is 458 g/mol. The predicted octanol–water partition coefficient (Wildman–Crippen LogP) is 4.39. The highest BCUT2D eigenvalue weighted by Gasteiger charge is 2.23. The Morgan fingerprint density at radius 2 is 1.88 bits per heavy atom. The number of carbonyl (C=O) groups is 2. The summed E-state index contributed by atoms with van der Waals surface area (Å²) in [6.45, 7) is 1.37. The van der Waals surface area contributed by atoms with Crippen LogP contribution >= 0.6 is 11.3 Å². The number of fused-ring (bicyclic) bond motifs is 2. The first-order valence-electron chi connectivity index (χ1n) is 11.3. The van der Waals surface area contributed by atoms with Crippen LogP contribution in [-0.4, -0.2) is 33.2 Å². The maximum atomic E-state index is 12.9. The number of thiophene rings is 1. The van der Waals surface area contributed by atoms with Crippen LogP contribution in [0.1, 0.15) is 40.7 Å². The topological polar surface area (TPSA) is 78.1 Å². The summed E-state index contributed by atoms with van der Waals surface area (Å²) in [6, 6.07) is 19.7. The van der Waals surface area contributed by atoms with Gasteiger partial charge in [-0.2, -0.15) is 0 Å². The first-order chi connectivity index (χ1) is 16.2. The van der Waals surface area contributed by atoms with Crippen LogP contribution in [0.5, 0.6) is 0 Å². The van der Waals surface area contributed by atoms with Crippen molar-refractivity contribution in [3.05, 3.63) is 87.9 Å². The molecule has 0 saturated carbocycles. The van der Waals surface area contributed by atoms with Gasteiger partial charge in [0.1, 0.15) is 5.82 Å². The van der Waals surface area contributed by atoms with Crippen LogP contribution in [0, 0.1) is 0 Å². The quantitative estimate of drug-likeness (QED) is 0.431. The van der Waals surface area contributed by atoms with Gasteiger partial charge in [-0.3, -0.25) is 9.59 Å². The Morgan fingerprint density at radius 1 is 1.06 bits per heavy atom. The molecule has 1 aliphatic rings. The lowest BCUT2D eigenvalue weighted by molar-refractivity contribution is -0.134. The van der Waals surface area contributed by atoms with Gasteiger partial charge < -0.3 is 15.2 Å².